The maximum atomic E-state index is 13.9. The molecule has 0 unspecified atom stereocenters. The number of amides is 2. The molecule has 0 atom stereocenters. The van der Waals surface area contributed by atoms with Gasteiger partial charge in [-0.3, -0.25) is 24.2 Å². The van der Waals surface area contributed by atoms with Crippen molar-refractivity contribution in [3.8, 4) is 11.1 Å². The third-order valence-electron chi connectivity index (χ3n) is 10.1. The molecular weight excluding hydrogens is 614 g/mol. The highest BCUT2D eigenvalue weighted by Crippen LogP contribution is 2.41. The molecular formula is C36H45N5O5S. The Kier molecular flexibility index (Phi) is 9.29. The fraction of sp³-hybridized carbons (Fsp3) is 0.500. The molecule has 250 valence electrons. The van der Waals surface area contributed by atoms with Gasteiger partial charge < -0.3 is 9.42 Å². The molecule has 0 bridgehead atoms. The second kappa shape index (κ2) is 13.3. The molecule has 0 saturated heterocycles. The number of amidine groups is 1. The number of carbonyl (C=O) groups excluding carboxylic acids is 2. The summed E-state index contributed by atoms with van der Waals surface area (Å²) in [6.07, 6.45) is 9.19. The van der Waals surface area contributed by atoms with Crippen molar-refractivity contribution >= 4 is 33.5 Å². The Balaban J connectivity index is 1.37. The van der Waals surface area contributed by atoms with Crippen LogP contribution in [0.25, 0.3) is 11.1 Å². The van der Waals surface area contributed by atoms with Crippen molar-refractivity contribution in [2.75, 3.05) is 11.8 Å². The molecule has 2 amide bonds. The molecule has 3 aliphatic rings. The number of aliphatic imine (C=N–C) groups is 1. The van der Waals surface area contributed by atoms with Crippen molar-refractivity contribution < 1.29 is 22.5 Å². The Morgan fingerprint density at radius 1 is 1.09 bits per heavy atom. The number of rotatable bonds is 12. The van der Waals surface area contributed by atoms with Crippen LogP contribution in [0.4, 0.5) is 5.82 Å². The number of hydrogen-bond donors (Lipinski definition) is 1. The number of aromatic nitrogens is 1. The first kappa shape index (κ1) is 32.9. The van der Waals surface area contributed by atoms with E-state index in [2.05, 4.69) is 16.8 Å². The van der Waals surface area contributed by atoms with Crippen LogP contribution in [0.1, 0.15) is 93.6 Å². The molecule has 3 aromatic rings. The number of carbonyl (C=O) groups is 2. The Hall–Kier alpha value is -3.99. The van der Waals surface area contributed by atoms with Crippen LogP contribution in [0.5, 0.6) is 0 Å². The minimum Gasteiger partial charge on any atom is -0.359 e. The molecule has 2 saturated carbocycles. The molecule has 47 heavy (non-hydrogen) atoms. The third-order valence-corrected chi connectivity index (χ3v) is 11.5. The average Bonchev–Trinajstić information content (AvgIpc) is 3.70. The molecule has 1 spiro atoms. The highest BCUT2D eigenvalue weighted by atomic mass is 32.2. The lowest BCUT2D eigenvalue weighted by atomic mass is 9.84. The van der Waals surface area contributed by atoms with Gasteiger partial charge in [-0.2, -0.15) is 0 Å². The lowest BCUT2D eigenvalue weighted by Gasteiger charge is -2.30. The number of sulfonamides is 1. The van der Waals surface area contributed by atoms with Gasteiger partial charge in [0.2, 0.25) is 5.91 Å². The van der Waals surface area contributed by atoms with Crippen molar-refractivity contribution in [2.24, 2.45) is 10.9 Å². The smallest absolute Gasteiger partial charge is 0.263 e. The average molecular weight is 660 g/mol. The van der Waals surface area contributed by atoms with Gasteiger partial charge in [0.15, 0.2) is 5.82 Å². The molecule has 2 aromatic carbocycles. The predicted octanol–water partition coefficient (Wildman–Crippen LogP) is 6.76. The molecule has 1 aromatic heterocycles. The zero-order valence-corrected chi connectivity index (χ0v) is 28.7. The van der Waals surface area contributed by atoms with Crippen molar-refractivity contribution in [3.63, 3.8) is 0 Å². The number of unbranched alkanes of at least 4 members (excludes halogenated alkanes) is 1. The van der Waals surface area contributed by atoms with Crippen LogP contribution in [0.15, 0.2) is 56.9 Å². The zero-order chi connectivity index (χ0) is 33.3. The fourth-order valence-corrected chi connectivity index (χ4v) is 8.22. The summed E-state index contributed by atoms with van der Waals surface area (Å²) in [5.74, 6) is 1.76. The van der Waals surface area contributed by atoms with Crippen molar-refractivity contribution in [3.05, 3.63) is 64.9 Å². The van der Waals surface area contributed by atoms with Crippen molar-refractivity contribution in [1.29, 1.82) is 0 Å². The van der Waals surface area contributed by atoms with Gasteiger partial charge in [0.05, 0.1) is 11.4 Å². The minimum atomic E-state index is -4.06. The van der Waals surface area contributed by atoms with E-state index in [-0.39, 0.29) is 28.4 Å². The first-order valence-electron chi connectivity index (χ1n) is 16.9. The summed E-state index contributed by atoms with van der Waals surface area (Å²) in [5, 5.41) is 3.90. The number of anilines is 1. The predicted molar refractivity (Wildman–Crippen MR) is 181 cm³/mol. The topological polar surface area (TPSA) is 125 Å². The first-order valence-corrected chi connectivity index (χ1v) is 18.3. The molecule has 2 heterocycles. The number of benzene rings is 2. The number of aryl methyl sites for hydroxylation is 1. The van der Waals surface area contributed by atoms with Crippen LogP contribution in [-0.2, 0) is 32.7 Å². The van der Waals surface area contributed by atoms with Gasteiger partial charge >= 0.3 is 0 Å². The number of nitrogens with zero attached hydrogens (tertiary/aromatic N) is 4. The Bertz CT molecular complexity index is 1800. The standard InChI is InChI=1S/C36H45N5O5S/c1-5-6-16-32-37-36(19-9-10-20-36)35(43)41(32)22-26-17-18-29(28(21-26)23-40(4)34(42)27-12-11-13-27)30-14-7-8-15-31(30)47(44,45)39-33-24(2)25(3)46-38-33/h7-8,14-15,17-18,21,27H,5-6,9-13,16,19-20,22-23H2,1-4H3,(H,38,39). The van der Waals surface area contributed by atoms with E-state index in [1.807, 2.05) is 23.1 Å². The van der Waals surface area contributed by atoms with E-state index in [9.17, 15) is 18.0 Å². The molecule has 11 heteroatoms. The Morgan fingerprint density at radius 2 is 1.83 bits per heavy atom. The monoisotopic (exact) mass is 659 g/mol. The summed E-state index contributed by atoms with van der Waals surface area (Å²) in [6.45, 7) is 6.30. The van der Waals surface area contributed by atoms with E-state index in [0.717, 1.165) is 81.2 Å². The van der Waals surface area contributed by atoms with Gasteiger partial charge in [0.1, 0.15) is 17.1 Å². The summed E-state index contributed by atoms with van der Waals surface area (Å²) >= 11 is 0. The lowest BCUT2D eigenvalue weighted by Crippen LogP contribution is -2.40. The lowest BCUT2D eigenvalue weighted by molar-refractivity contribution is -0.137. The normalized spacial score (nSPS) is 17.7. The molecule has 6 rings (SSSR count). The Labute approximate surface area is 277 Å². The van der Waals surface area contributed by atoms with Crippen molar-refractivity contribution in [2.45, 2.75) is 109 Å². The second-order valence-electron chi connectivity index (χ2n) is 13.4. The third kappa shape index (κ3) is 6.46. The van der Waals surface area contributed by atoms with Gasteiger partial charge in [0.25, 0.3) is 15.9 Å². The maximum Gasteiger partial charge on any atom is 0.263 e. The summed E-state index contributed by atoms with van der Waals surface area (Å²) in [6, 6.07) is 12.7. The van der Waals surface area contributed by atoms with Crippen molar-refractivity contribution in [1.82, 2.24) is 15.0 Å². The van der Waals surface area contributed by atoms with Crippen LogP contribution in [-0.4, -0.2) is 53.6 Å². The zero-order valence-electron chi connectivity index (χ0n) is 27.8. The quantitative estimate of drug-likeness (QED) is 0.229. The van der Waals surface area contributed by atoms with Crippen LogP contribution in [0.3, 0.4) is 0 Å². The summed E-state index contributed by atoms with van der Waals surface area (Å²) in [4.78, 5) is 35.9. The van der Waals surface area contributed by atoms with E-state index >= 15 is 0 Å². The SMILES string of the molecule is CCCCC1=NC2(CCCC2)C(=O)N1Cc1ccc(-c2ccccc2S(=O)(=O)Nc2noc(C)c2C)c(CN(C)C(=O)C2CCC2)c1. The van der Waals surface area contributed by atoms with Crippen LogP contribution in [0.2, 0.25) is 0 Å². The molecule has 2 fully saturated rings. The van der Waals surface area contributed by atoms with E-state index in [1.54, 1.807) is 50.1 Å². The summed E-state index contributed by atoms with van der Waals surface area (Å²) in [7, 11) is -2.25. The van der Waals surface area contributed by atoms with Crippen LogP contribution < -0.4 is 4.72 Å². The van der Waals surface area contributed by atoms with Gasteiger partial charge in [-0.25, -0.2) is 8.42 Å². The van der Waals surface area contributed by atoms with E-state index in [0.29, 0.717) is 35.5 Å². The molecule has 2 aliphatic carbocycles. The summed E-state index contributed by atoms with van der Waals surface area (Å²) in [5.41, 5.74) is 2.93. The van der Waals surface area contributed by atoms with E-state index < -0.39 is 15.6 Å². The number of hydrogen-bond acceptors (Lipinski definition) is 7. The van der Waals surface area contributed by atoms with E-state index in [1.165, 1.54) is 0 Å². The summed E-state index contributed by atoms with van der Waals surface area (Å²) < 4.78 is 35.4. The first-order chi connectivity index (χ1) is 22.5. The van der Waals surface area contributed by atoms with E-state index in [4.69, 9.17) is 9.52 Å². The second-order valence-corrected chi connectivity index (χ2v) is 15.0. The van der Waals surface area contributed by atoms with Crippen LogP contribution in [0, 0.1) is 19.8 Å². The fourth-order valence-electron chi connectivity index (χ4n) is 6.94. The maximum absolute atomic E-state index is 13.9. The molecule has 10 nitrogen and oxygen atoms in total. The van der Waals surface area contributed by atoms with Gasteiger partial charge in [0, 0.05) is 37.1 Å². The van der Waals surface area contributed by atoms with Gasteiger partial charge in [-0.1, -0.05) is 74.2 Å². The molecule has 0 radical (unpaired) electrons. The number of nitrogens with one attached hydrogen (secondary N) is 1. The van der Waals surface area contributed by atoms with Crippen LogP contribution >= 0.6 is 0 Å². The largest absolute Gasteiger partial charge is 0.359 e. The Morgan fingerprint density at radius 3 is 2.49 bits per heavy atom. The highest BCUT2D eigenvalue weighted by Gasteiger charge is 2.49. The minimum absolute atomic E-state index is 0.0276. The molecule has 1 N–H and O–H groups in total. The molecule has 1 aliphatic heterocycles. The van der Waals surface area contributed by atoms with Gasteiger partial charge in [-0.05, 0) is 68.7 Å². The van der Waals surface area contributed by atoms with Gasteiger partial charge in [-0.15, -0.1) is 0 Å². The highest BCUT2D eigenvalue weighted by molar-refractivity contribution is 7.92.